The summed E-state index contributed by atoms with van der Waals surface area (Å²) in [6.07, 6.45) is 0.341. The standard InChI is InChI=1S/C13H15ClFNO3/c1-3-13(2,12(18)19)7-16-11(17)10-8(14)5-4-6-9(10)15/h4-6H,3,7H2,1-2H3,(H,16,17)(H,18,19). The molecule has 6 heteroatoms. The van der Waals surface area contributed by atoms with E-state index in [0.29, 0.717) is 6.42 Å². The molecule has 1 rings (SSSR count). The van der Waals surface area contributed by atoms with Gasteiger partial charge in [0.2, 0.25) is 0 Å². The topological polar surface area (TPSA) is 66.4 Å². The Hall–Kier alpha value is -1.62. The van der Waals surface area contributed by atoms with Crippen LogP contribution in [0, 0.1) is 11.2 Å². The van der Waals surface area contributed by atoms with Crippen molar-refractivity contribution in [1.82, 2.24) is 5.32 Å². The molecule has 19 heavy (non-hydrogen) atoms. The largest absolute Gasteiger partial charge is 0.481 e. The van der Waals surface area contributed by atoms with Gasteiger partial charge in [-0.3, -0.25) is 9.59 Å². The highest BCUT2D eigenvalue weighted by atomic mass is 35.5. The van der Waals surface area contributed by atoms with E-state index < -0.39 is 23.1 Å². The first kappa shape index (κ1) is 15.4. The van der Waals surface area contributed by atoms with Gasteiger partial charge in [-0.05, 0) is 25.5 Å². The molecule has 0 saturated carbocycles. The number of hydrogen-bond acceptors (Lipinski definition) is 2. The molecule has 104 valence electrons. The Bertz CT molecular complexity index is 486. The molecule has 0 aliphatic rings. The van der Waals surface area contributed by atoms with Crippen LogP contribution in [0.25, 0.3) is 0 Å². The van der Waals surface area contributed by atoms with Crippen molar-refractivity contribution in [3.8, 4) is 0 Å². The predicted octanol–water partition coefficient (Wildman–Crippen LogP) is 2.71. The fraction of sp³-hybridized carbons (Fsp3) is 0.385. The SMILES string of the molecule is CCC(C)(CNC(=O)c1c(F)cccc1Cl)C(=O)O. The molecule has 4 nitrogen and oxygen atoms in total. The summed E-state index contributed by atoms with van der Waals surface area (Å²) in [6.45, 7) is 3.12. The first-order valence-electron chi connectivity index (χ1n) is 5.77. The molecular weight excluding hydrogens is 273 g/mol. The second-order valence-corrected chi connectivity index (χ2v) is 4.91. The van der Waals surface area contributed by atoms with Gasteiger partial charge >= 0.3 is 5.97 Å². The van der Waals surface area contributed by atoms with Gasteiger partial charge in [-0.25, -0.2) is 4.39 Å². The summed E-state index contributed by atoms with van der Waals surface area (Å²) in [7, 11) is 0. The lowest BCUT2D eigenvalue weighted by molar-refractivity contribution is -0.147. The van der Waals surface area contributed by atoms with Crippen molar-refractivity contribution >= 4 is 23.5 Å². The van der Waals surface area contributed by atoms with Crippen LogP contribution in [0.3, 0.4) is 0 Å². The molecule has 0 radical (unpaired) electrons. The van der Waals surface area contributed by atoms with Crippen LogP contribution in [0.1, 0.15) is 30.6 Å². The molecule has 0 aliphatic heterocycles. The van der Waals surface area contributed by atoms with E-state index in [1.165, 1.54) is 19.1 Å². The first-order valence-corrected chi connectivity index (χ1v) is 6.15. The molecule has 0 spiro atoms. The van der Waals surface area contributed by atoms with E-state index in [0.717, 1.165) is 6.07 Å². The number of carboxylic acids is 1. The molecule has 1 unspecified atom stereocenters. The predicted molar refractivity (Wildman–Crippen MR) is 69.8 cm³/mol. The molecule has 0 heterocycles. The highest BCUT2D eigenvalue weighted by Gasteiger charge is 2.32. The summed E-state index contributed by atoms with van der Waals surface area (Å²) >= 11 is 5.75. The van der Waals surface area contributed by atoms with Crippen molar-refractivity contribution in [2.75, 3.05) is 6.54 Å². The van der Waals surface area contributed by atoms with Crippen LogP contribution in [0.2, 0.25) is 5.02 Å². The molecule has 1 amide bonds. The van der Waals surface area contributed by atoms with Gasteiger partial charge in [0.1, 0.15) is 5.82 Å². The normalized spacial score (nSPS) is 13.7. The Morgan fingerprint density at radius 1 is 1.47 bits per heavy atom. The molecule has 0 aromatic heterocycles. The zero-order valence-electron chi connectivity index (χ0n) is 10.7. The third kappa shape index (κ3) is 3.44. The quantitative estimate of drug-likeness (QED) is 0.875. The molecule has 1 aromatic carbocycles. The number of carbonyl (C=O) groups excluding carboxylic acids is 1. The lowest BCUT2D eigenvalue weighted by Crippen LogP contribution is -2.40. The molecule has 0 saturated heterocycles. The fourth-order valence-corrected chi connectivity index (χ4v) is 1.68. The zero-order chi connectivity index (χ0) is 14.6. The Labute approximate surface area is 115 Å². The van der Waals surface area contributed by atoms with Gasteiger partial charge < -0.3 is 10.4 Å². The number of carbonyl (C=O) groups is 2. The summed E-state index contributed by atoms with van der Waals surface area (Å²) in [5.74, 6) is -2.47. The van der Waals surface area contributed by atoms with E-state index in [1.54, 1.807) is 6.92 Å². The van der Waals surface area contributed by atoms with Gasteiger partial charge in [-0.1, -0.05) is 24.6 Å². The van der Waals surface area contributed by atoms with E-state index in [2.05, 4.69) is 5.32 Å². The number of hydrogen-bond donors (Lipinski definition) is 2. The highest BCUT2D eigenvalue weighted by Crippen LogP contribution is 2.22. The number of nitrogens with one attached hydrogen (secondary N) is 1. The maximum absolute atomic E-state index is 13.5. The van der Waals surface area contributed by atoms with Gasteiger partial charge in [-0.15, -0.1) is 0 Å². The van der Waals surface area contributed by atoms with Crippen molar-refractivity contribution in [2.45, 2.75) is 20.3 Å². The Kier molecular flexibility index (Phi) is 4.89. The van der Waals surface area contributed by atoms with Crippen LogP contribution in [0.4, 0.5) is 4.39 Å². The lowest BCUT2D eigenvalue weighted by Gasteiger charge is -2.23. The summed E-state index contributed by atoms with van der Waals surface area (Å²) in [5, 5.41) is 11.5. The van der Waals surface area contributed by atoms with Crippen molar-refractivity contribution in [3.05, 3.63) is 34.6 Å². The number of halogens is 2. The molecule has 0 bridgehead atoms. The minimum Gasteiger partial charge on any atom is -0.481 e. The van der Waals surface area contributed by atoms with Crippen molar-refractivity contribution in [2.24, 2.45) is 5.41 Å². The third-order valence-corrected chi connectivity index (χ3v) is 3.44. The van der Waals surface area contributed by atoms with Crippen LogP contribution in [0.15, 0.2) is 18.2 Å². The maximum atomic E-state index is 13.5. The molecule has 1 aromatic rings. The van der Waals surface area contributed by atoms with Crippen LogP contribution in [-0.2, 0) is 4.79 Å². The Balaban J connectivity index is 2.84. The zero-order valence-corrected chi connectivity index (χ0v) is 11.4. The smallest absolute Gasteiger partial charge is 0.311 e. The third-order valence-electron chi connectivity index (χ3n) is 3.13. The Morgan fingerprint density at radius 2 is 2.11 bits per heavy atom. The molecule has 0 aliphatic carbocycles. The van der Waals surface area contributed by atoms with Crippen molar-refractivity contribution in [1.29, 1.82) is 0 Å². The van der Waals surface area contributed by atoms with E-state index in [9.17, 15) is 14.0 Å². The fourth-order valence-electron chi connectivity index (χ4n) is 1.43. The van der Waals surface area contributed by atoms with Gasteiger partial charge in [0.25, 0.3) is 5.91 Å². The number of aliphatic carboxylic acids is 1. The maximum Gasteiger partial charge on any atom is 0.311 e. The van der Waals surface area contributed by atoms with Gasteiger partial charge in [0.15, 0.2) is 0 Å². The van der Waals surface area contributed by atoms with Crippen LogP contribution in [0.5, 0.6) is 0 Å². The average Bonchev–Trinajstić information content (AvgIpc) is 2.35. The van der Waals surface area contributed by atoms with Gasteiger partial charge in [-0.2, -0.15) is 0 Å². The van der Waals surface area contributed by atoms with Crippen molar-refractivity contribution in [3.63, 3.8) is 0 Å². The van der Waals surface area contributed by atoms with Crippen LogP contribution in [-0.4, -0.2) is 23.5 Å². The number of carboxylic acid groups (broad SMARTS) is 1. The highest BCUT2D eigenvalue weighted by molar-refractivity contribution is 6.33. The first-order chi connectivity index (χ1) is 8.81. The van der Waals surface area contributed by atoms with E-state index in [1.807, 2.05) is 0 Å². The van der Waals surface area contributed by atoms with E-state index in [4.69, 9.17) is 16.7 Å². The summed E-state index contributed by atoms with van der Waals surface area (Å²) < 4.78 is 13.5. The minimum absolute atomic E-state index is 0.00831. The molecule has 2 N–H and O–H groups in total. The molecule has 1 atom stereocenters. The molecule has 0 fully saturated rings. The summed E-state index contributed by atoms with van der Waals surface area (Å²) in [5.41, 5.74) is -1.36. The summed E-state index contributed by atoms with van der Waals surface area (Å²) in [6, 6.07) is 3.91. The van der Waals surface area contributed by atoms with E-state index >= 15 is 0 Å². The second-order valence-electron chi connectivity index (χ2n) is 4.50. The number of rotatable bonds is 5. The minimum atomic E-state index is -1.09. The van der Waals surface area contributed by atoms with Gasteiger partial charge in [0.05, 0.1) is 16.0 Å². The Morgan fingerprint density at radius 3 is 2.58 bits per heavy atom. The van der Waals surface area contributed by atoms with Gasteiger partial charge in [0, 0.05) is 6.54 Å². The van der Waals surface area contributed by atoms with Crippen molar-refractivity contribution < 1.29 is 19.1 Å². The average molecular weight is 288 g/mol. The molecular formula is C13H15ClFNO3. The lowest BCUT2D eigenvalue weighted by atomic mass is 9.87. The second kappa shape index (κ2) is 6.02. The number of amides is 1. The number of benzene rings is 1. The monoisotopic (exact) mass is 287 g/mol. The van der Waals surface area contributed by atoms with Crippen LogP contribution < -0.4 is 5.32 Å². The summed E-state index contributed by atoms with van der Waals surface area (Å²) in [4.78, 5) is 22.9. The van der Waals surface area contributed by atoms with Crippen LogP contribution >= 0.6 is 11.6 Å². The van der Waals surface area contributed by atoms with E-state index in [-0.39, 0.29) is 17.1 Å².